The molecule has 128 heavy (non-hydrogen) atoms. The molecule has 0 aromatic carbocycles. The maximum atomic E-state index is 4.80. The van der Waals surface area contributed by atoms with Crippen LogP contribution >= 0.6 is 0 Å². The van der Waals surface area contributed by atoms with Gasteiger partial charge in [0.25, 0.3) is 0 Å². The first-order valence-corrected chi connectivity index (χ1v) is 49.9. The largest absolute Gasteiger partial charge is 0.342 e. The van der Waals surface area contributed by atoms with Gasteiger partial charge >= 0.3 is 0 Å². The molecule has 0 fully saturated rings. The fourth-order valence-electron chi connectivity index (χ4n) is 12.3. The normalized spacial score (nSPS) is 12.2. The fraction of sp³-hybridized carbons (Fsp3) is 0.667. The Hall–Kier alpha value is -8.68. The lowest BCUT2D eigenvalue weighted by Crippen LogP contribution is -1.97. The third-order valence-corrected chi connectivity index (χ3v) is 20.5. The molecule has 7 aromatic heterocycles. The quantitative estimate of drug-likeness (QED) is 0.0380. The molecule has 0 saturated carbocycles. The Morgan fingerprint density at radius 3 is 0.859 bits per heavy atom. The van der Waals surface area contributed by atoms with Crippen molar-refractivity contribution in [2.24, 2.45) is 20.0 Å². The molecule has 0 aliphatic carbocycles. The van der Waals surface area contributed by atoms with Crippen molar-refractivity contribution in [3.8, 4) is 0 Å². The lowest BCUT2D eigenvalue weighted by Gasteiger charge is -2.02. The average molecular weight is 1770 g/mol. The second-order valence-corrected chi connectivity index (χ2v) is 32.4. The number of rotatable bonds is 32. The van der Waals surface area contributed by atoms with Gasteiger partial charge in [-0.05, 0) is 291 Å². The zero-order chi connectivity index (χ0) is 97.3. The number of aryl methyl sites for hydroxylation is 15. The van der Waals surface area contributed by atoms with Crippen molar-refractivity contribution >= 4 is 22.8 Å². The van der Waals surface area contributed by atoms with E-state index in [1.165, 1.54) is 228 Å². The van der Waals surface area contributed by atoms with Crippen LogP contribution in [0.2, 0.25) is 0 Å². The van der Waals surface area contributed by atoms with E-state index in [4.69, 9.17) is 9.05 Å². The fourth-order valence-corrected chi connectivity index (χ4v) is 12.3. The van der Waals surface area contributed by atoms with Crippen molar-refractivity contribution in [1.29, 1.82) is 0 Å². The minimum absolute atomic E-state index is 0.855. The molecule has 11 rings (SSSR count). The highest BCUT2D eigenvalue weighted by molar-refractivity contribution is 6.01. The Labute approximate surface area is 784 Å². The van der Waals surface area contributed by atoms with Gasteiger partial charge in [-0.15, -0.1) is 10.2 Å². The molecule has 0 radical (unpaired) electrons. The molecule has 0 atom stereocenters. The van der Waals surface area contributed by atoms with E-state index in [1.54, 1.807) is 6.20 Å². The number of hydrogen-bond acceptors (Lipinski definition) is 20. The zero-order valence-corrected chi connectivity index (χ0v) is 88.7. The summed E-state index contributed by atoms with van der Waals surface area (Å²) in [5, 5.41) is 21.9. The maximum Gasteiger partial charge on any atom is 0.157 e. The van der Waals surface area contributed by atoms with Crippen molar-refractivity contribution in [2.75, 3.05) is 13.1 Å². The molecule has 11 heterocycles. The van der Waals surface area contributed by atoms with Gasteiger partial charge in [0.15, 0.2) is 11.5 Å². The van der Waals surface area contributed by atoms with Gasteiger partial charge in [-0.2, -0.15) is 10.2 Å². The van der Waals surface area contributed by atoms with Crippen LogP contribution in [0.3, 0.4) is 0 Å². The first-order valence-electron chi connectivity index (χ1n) is 49.9. The molecule has 20 heteroatoms. The number of nitrogens with zero attached hydrogens (tertiary/aromatic N) is 18. The van der Waals surface area contributed by atoms with E-state index >= 15 is 0 Å². The van der Waals surface area contributed by atoms with Gasteiger partial charge in [0.05, 0.1) is 52.9 Å². The second kappa shape index (κ2) is 85.1. The molecule has 4 aliphatic heterocycles. The van der Waals surface area contributed by atoms with Crippen LogP contribution in [0.15, 0.2) is 129 Å². The van der Waals surface area contributed by atoms with Gasteiger partial charge in [0, 0.05) is 113 Å². The summed E-state index contributed by atoms with van der Waals surface area (Å²) in [4.78, 5) is 52.2. The molecule has 0 amide bonds. The molecule has 0 spiro atoms. The summed E-state index contributed by atoms with van der Waals surface area (Å²) in [6.45, 7) is 75.3. The molecule has 0 saturated heterocycles. The number of aliphatic imine (C=N–C) groups is 4. The lowest BCUT2D eigenvalue weighted by atomic mass is 10.0. The minimum Gasteiger partial charge on any atom is -0.342 e. The van der Waals surface area contributed by atoms with Gasteiger partial charge in [-0.3, -0.25) is 39.9 Å². The van der Waals surface area contributed by atoms with Crippen LogP contribution in [0.1, 0.15) is 452 Å². The predicted molar refractivity (Wildman–Crippen MR) is 553 cm³/mol. The molecule has 722 valence electrons. The Morgan fingerprint density at radius 1 is 0.297 bits per heavy atom. The van der Waals surface area contributed by atoms with Crippen molar-refractivity contribution < 1.29 is 9.05 Å². The van der Waals surface area contributed by atoms with Gasteiger partial charge in [0.1, 0.15) is 23.0 Å². The molecular formula is C108H188N18O2. The molecule has 0 bridgehead atoms. The molecule has 0 unspecified atom stereocenters. The molecule has 4 aliphatic rings. The topological polar surface area (TPSA) is 256 Å². The average Bonchev–Trinajstić information content (AvgIpc) is 1.73. The van der Waals surface area contributed by atoms with E-state index in [0.717, 1.165) is 163 Å². The molecule has 0 N–H and O–H groups in total. The number of unbranched alkanes of at least 4 members (excludes halogenated alkanes) is 12. The molecule has 20 nitrogen and oxygen atoms in total. The van der Waals surface area contributed by atoms with Crippen molar-refractivity contribution in [3.63, 3.8) is 0 Å². The summed E-state index contributed by atoms with van der Waals surface area (Å²) in [6.07, 6.45) is 50.9. The van der Waals surface area contributed by atoms with Crippen LogP contribution in [0, 0.1) is 62.3 Å². The smallest absolute Gasteiger partial charge is 0.157 e. The van der Waals surface area contributed by atoms with Gasteiger partial charge in [-0.25, -0.2) is 19.9 Å². The van der Waals surface area contributed by atoms with E-state index in [2.05, 4.69) is 229 Å². The number of allylic oxidation sites excluding steroid dienone is 6. The van der Waals surface area contributed by atoms with Crippen LogP contribution in [-0.2, 0) is 38.5 Å². The first-order chi connectivity index (χ1) is 61.6. The van der Waals surface area contributed by atoms with E-state index in [0.29, 0.717) is 0 Å². The third-order valence-electron chi connectivity index (χ3n) is 20.5. The summed E-state index contributed by atoms with van der Waals surface area (Å²) in [5.74, 6) is 3.67. The highest BCUT2D eigenvalue weighted by atomic mass is 16.5. The van der Waals surface area contributed by atoms with Crippen LogP contribution < -0.4 is 0 Å². The van der Waals surface area contributed by atoms with Gasteiger partial charge < -0.3 is 9.05 Å². The van der Waals surface area contributed by atoms with E-state index < -0.39 is 0 Å². The number of hydrogen-bond donors (Lipinski definition) is 0. The van der Waals surface area contributed by atoms with Gasteiger partial charge in [-0.1, -0.05) is 208 Å². The summed E-state index contributed by atoms with van der Waals surface area (Å²) in [7, 11) is 0. The SMILES string of the molecule is CC.CC.CC.CCCCC.CCCCC1=C(C)CC(C)=N1.CCCCC1=C(C)CC(C)=N1.CCCCC1=C(C)CN=C1C.CCCCC1=C(C)CN=C1C.CCCCc1cnc(C)c(C)n1.CCCCc1cnc(C)c(C)n1.CCCCc1nccc(C)n1.CCCCc1nccc(C)n1.CCCCc1nnoc1C.CCCCc1nnoc1C.Cc1cccnn1. The van der Waals surface area contributed by atoms with E-state index in [1.807, 2.05) is 153 Å². The summed E-state index contributed by atoms with van der Waals surface area (Å²) in [5.41, 5.74) is 28.3. The standard InChI is InChI=1S/2C10H16N2.4C10H17N.2C9H14N2.2C7H12N2O.C5H6N2.C5H12.3C2H6/c2*1-4-5-6-10-7-11-8(2)9(3)12-10;2*1-4-5-6-10-8(2)7-11-9(10)3;2*1-4-5-6-10-8(2)7-9(3)11-10;2*1-3-4-5-9-10-7-6-8(2)11-9;2*1-3-4-5-7-6(2)10-9-8-7;1-5-3-2-4-6-7-5;1-3-5-4-2;3*1-2/h2*7H,4-6H2,1-3H3;4*4-7H2,1-3H3;2*6-7H,3-5H2,1-2H3;2*3-5H2,1-2H3;2-4H,1H3;3-5H2,1-2H3;3*1-2H3. The Kier molecular flexibility index (Phi) is 83.5. The highest BCUT2D eigenvalue weighted by Crippen LogP contribution is 2.26. The van der Waals surface area contributed by atoms with Crippen molar-refractivity contribution in [3.05, 3.63) is 186 Å². The maximum absolute atomic E-state index is 4.80. The Balaban J connectivity index is -0.000000654. The number of aromatic nitrogens is 14. The monoisotopic (exact) mass is 1770 g/mol. The minimum atomic E-state index is 0.855. The van der Waals surface area contributed by atoms with Gasteiger partial charge in [0.2, 0.25) is 0 Å². The summed E-state index contributed by atoms with van der Waals surface area (Å²) in [6, 6.07) is 7.63. The summed E-state index contributed by atoms with van der Waals surface area (Å²) >= 11 is 0. The van der Waals surface area contributed by atoms with Crippen LogP contribution in [-0.4, -0.2) is 107 Å². The predicted octanol–water partition coefficient (Wildman–Crippen LogP) is 31.2. The molecular weight excluding hydrogens is 1580 g/mol. The van der Waals surface area contributed by atoms with Crippen molar-refractivity contribution in [1.82, 2.24) is 70.8 Å². The third kappa shape index (κ3) is 64.1. The van der Waals surface area contributed by atoms with E-state index in [-0.39, 0.29) is 0 Å². The Bertz CT molecular complexity index is 3890. The molecule has 7 aromatic rings. The second-order valence-electron chi connectivity index (χ2n) is 32.4. The van der Waals surface area contributed by atoms with Crippen LogP contribution in [0.4, 0.5) is 0 Å². The lowest BCUT2D eigenvalue weighted by molar-refractivity contribution is 0.373. The highest BCUT2D eigenvalue weighted by Gasteiger charge is 2.15. The van der Waals surface area contributed by atoms with Crippen LogP contribution in [0.5, 0.6) is 0 Å². The summed E-state index contributed by atoms with van der Waals surface area (Å²) < 4.78 is 9.60. The van der Waals surface area contributed by atoms with E-state index in [9.17, 15) is 0 Å². The zero-order valence-electron chi connectivity index (χ0n) is 88.7. The Morgan fingerprint density at radius 2 is 0.617 bits per heavy atom. The first kappa shape index (κ1) is 126. The van der Waals surface area contributed by atoms with Crippen molar-refractivity contribution in [2.45, 2.75) is 467 Å². The van der Waals surface area contributed by atoms with Crippen LogP contribution in [0.25, 0.3) is 0 Å².